The second-order valence-corrected chi connectivity index (χ2v) is 17.5. The van der Waals surface area contributed by atoms with Gasteiger partial charge in [0.1, 0.15) is 0 Å². The van der Waals surface area contributed by atoms with Gasteiger partial charge in [-0.15, -0.1) is 0 Å². The van der Waals surface area contributed by atoms with Crippen molar-refractivity contribution in [1.82, 2.24) is 5.32 Å². The van der Waals surface area contributed by atoms with E-state index >= 15 is 0 Å². The number of ether oxygens (including phenoxy) is 1. The zero-order valence-electron chi connectivity index (χ0n) is 38.8. The summed E-state index contributed by atoms with van der Waals surface area (Å²) in [4.78, 5) is 24.4. The molecular weight excluding hydrogens is 719 g/mol. The molecular formula is C52H99NO5. The van der Waals surface area contributed by atoms with Crippen LogP contribution in [0.25, 0.3) is 0 Å². The highest BCUT2D eigenvalue weighted by Gasteiger charge is 2.18. The van der Waals surface area contributed by atoms with Crippen LogP contribution in [0.15, 0.2) is 24.3 Å². The topological polar surface area (TPSA) is 95.9 Å². The van der Waals surface area contributed by atoms with E-state index in [-0.39, 0.29) is 18.5 Å². The maximum Gasteiger partial charge on any atom is 0.305 e. The molecule has 0 radical (unpaired) electrons. The van der Waals surface area contributed by atoms with Crippen molar-refractivity contribution in [2.75, 3.05) is 13.2 Å². The van der Waals surface area contributed by atoms with Gasteiger partial charge in [0.05, 0.1) is 25.4 Å². The third-order valence-electron chi connectivity index (χ3n) is 11.7. The molecule has 0 aliphatic carbocycles. The quantitative estimate of drug-likeness (QED) is 0.0323. The zero-order valence-corrected chi connectivity index (χ0v) is 38.8. The van der Waals surface area contributed by atoms with E-state index in [1.165, 1.54) is 167 Å². The zero-order chi connectivity index (χ0) is 42.3. The second kappa shape index (κ2) is 48.0. The van der Waals surface area contributed by atoms with E-state index in [1.54, 1.807) is 6.08 Å². The number of carbonyl (C=O) groups is 2. The minimum absolute atomic E-state index is 0.0248. The van der Waals surface area contributed by atoms with Crippen molar-refractivity contribution >= 4 is 11.9 Å². The molecule has 0 aliphatic rings. The number of unbranched alkanes of at least 4 members (excludes halogenated alkanes) is 34. The fourth-order valence-electron chi connectivity index (χ4n) is 7.74. The molecule has 0 heterocycles. The monoisotopic (exact) mass is 818 g/mol. The number of nitrogens with one attached hydrogen (secondary N) is 1. The Bertz CT molecular complexity index is 904. The SMILES string of the molecule is CCCCCCCCCCCCCCCCCC/C=C/C(O)C(CO)NC(=O)CCCCCCC/C=C\CCCCCOC(=O)CCCCCCCCCCCCC. The summed E-state index contributed by atoms with van der Waals surface area (Å²) in [5, 5.41) is 23.1. The number of hydrogen-bond donors (Lipinski definition) is 3. The van der Waals surface area contributed by atoms with Crippen LogP contribution in [0.2, 0.25) is 0 Å². The molecule has 0 spiro atoms. The summed E-state index contributed by atoms with van der Waals surface area (Å²) < 4.78 is 5.42. The third kappa shape index (κ3) is 43.9. The third-order valence-corrected chi connectivity index (χ3v) is 11.7. The molecule has 0 saturated carbocycles. The van der Waals surface area contributed by atoms with E-state index in [1.807, 2.05) is 6.08 Å². The number of aliphatic hydroxyl groups excluding tert-OH is 2. The highest BCUT2D eigenvalue weighted by Crippen LogP contribution is 2.16. The first-order chi connectivity index (χ1) is 28.5. The smallest absolute Gasteiger partial charge is 0.305 e. The summed E-state index contributed by atoms with van der Waals surface area (Å²) in [6.07, 6.45) is 56.0. The Kier molecular flexibility index (Phi) is 46.6. The highest BCUT2D eigenvalue weighted by molar-refractivity contribution is 5.76. The van der Waals surface area contributed by atoms with Gasteiger partial charge in [-0.2, -0.15) is 0 Å². The molecule has 0 aromatic rings. The van der Waals surface area contributed by atoms with Gasteiger partial charge in [-0.05, 0) is 64.2 Å². The molecule has 58 heavy (non-hydrogen) atoms. The van der Waals surface area contributed by atoms with Gasteiger partial charge in [0.15, 0.2) is 0 Å². The summed E-state index contributed by atoms with van der Waals surface area (Å²) in [5.41, 5.74) is 0. The lowest BCUT2D eigenvalue weighted by atomic mass is 10.0. The Hall–Kier alpha value is -1.66. The van der Waals surface area contributed by atoms with Gasteiger partial charge in [0.25, 0.3) is 0 Å². The molecule has 0 saturated heterocycles. The number of rotatable bonds is 47. The Labute approximate surface area is 361 Å². The summed E-state index contributed by atoms with van der Waals surface area (Å²) in [6.45, 7) is 4.84. The molecule has 0 aromatic heterocycles. The molecule has 3 N–H and O–H groups in total. The van der Waals surface area contributed by atoms with Crippen LogP contribution in [0.4, 0.5) is 0 Å². The fraction of sp³-hybridized carbons (Fsp3) is 0.885. The fourth-order valence-corrected chi connectivity index (χ4v) is 7.74. The number of allylic oxidation sites excluding steroid dienone is 3. The summed E-state index contributed by atoms with van der Waals surface area (Å²) in [5.74, 6) is -0.117. The molecule has 2 atom stereocenters. The molecule has 0 fully saturated rings. The Morgan fingerprint density at radius 1 is 0.466 bits per heavy atom. The second-order valence-electron chi connectivity index (χ2n) is 17.5. The van der Waals surface area contributed by atoms with Gasteiger partial charge in [-0.25, -0.2) is 0 Å². The van der Waals surface area contributed by atoms with Crippen molar-refractivity contribution in [3.63, 3.8) is 0 Å². The number of aliphatic hydroxyl groups is 2. The largest absolute Gasteiger partial charge is 0.466 e. The van der Waals surface area contributed by atoms with Gasteiger partial charge >= 0.3 is 5.97 Å². The predicted molar refractivity (Wildman–Crippen MR) is 250 cm³/mol. The average Bonchev–Trinajstić information content (AvgIpc) is 3.22. The molecule has 6 nitrogen and oxygen atoms in total. The van der Waals surface area contributed by atoms with Crippen molar-refractivity contribution in [2.45, 2.75) is 283 Å². The first kappa shape index (κ1) is 56.3. The van der Waals surface area contributed by atoms with Crippen LogP contribution < -0.4 is 5.32 Å². The van der Waals surface area contributed by atoms with Gasteiger partial charge in [0.2, 0.25) is 5.91 Å². The normalized spacial score (nSPS) is 12.8. The van der Waals surface area contributed by atoms with Gasteiger partial charge in [-0.1, -0.05) is 218 Å². The van der Waals surface area contributed by atoms with E-state index in [4.69, 9.17) is 4.74 Å². The van der Waals surface area contributed by atoms with Crippen LogP contribution in [0.5, 0.6) is 0 Å². The van der Waals surface area contributed by atoms with Gasteiger partial charge in [-0.3, -0.25) is 9.59 Å². The van der Waals surface area contributed by atoms with Crippen LogP contribution in [0, 0.1) is 0 Å². The van der Waals surface area contributed by atoms with Crippen LogP contribution >= 0.6 is 0 Å². The van der Waals surface area contributed by atoms with Crippen LogP contribution in [0.1, 0.15) is 271 Å². The van der Waals surface area contributed by atoms with Gasteiger partial charge in [0, 0.05) is 12.8 Å². The molecule has 0 aliphatic heterocycles. The average molecular weight is 818 g/mol. The molecule has 342 valence electrons. The molecule has 0 rings (SSSR count). The first-order valence-electron chi connectivity index (χ1n) is 25.6. The number of esters is 1. The molecule has 0 aromatic carbocycles. The Balaban J connectivity index is 3.56. The van der Waals surface area contributed by atoms with Crippen molar-refractivity contribution < 1.29 is 24.5 Å². The molecule has 2 unspecified atom stereocenters. The molecule has 6 heteroatoms. The lowest BCUT2D eigenvalue weighted by molar-refractivity contribution is -0.143. The lowest BCUT2D eigenvalue weighted by Crippen LogP contribution is -2.45. The van der Waals surface area contributed by atoms with Crippen LogP contribution in [-0.2, 0) is 14.3 Å². The minimum atomic E-state index is -0.860. The molecule has 1 amide bonds. The molecule has 0 bridgehead atoms. The van der Waals surface area contributed by atoms with E-state index in [0.29, 0.717) is 19.4 Å². The Morgan fingerprint density at radius 2 is 0.810 bits per heavy atom. The standard InChI is InChI=1S/C52H99NO5/c1-3-5-7-9-11-13-15-16-17-18-19-20-21-25-28-32-36-40-44-50(55)49(48-54)53-51(56)45-41-37-33-29-26-22-23-27-31-35-39-43-47-58-52(57)46-42-38-34-30-24-14-12-10-8-6-4-2/h23,27,40,44,49-50,54-55H,3-22,24-26,28-39,41-43,45-48H2,1-2H3,(H,53,56)/b27-23-,44-40+. The van der Waals surface area contributed by atoms with Crippen molar-refractivity contribution in [1.29, 1.82) is 0 Å². The van der Waals surface area contributed by atoms with Gasteiger partial charge < -0.3 is 20.3 Å². The number of hydrogen-bond acceptors (Lipinski definition) is 5. The van der Waals surface area contributed by atoms with E-state index < -0.39 is 12.1 Å². The maximum atomic E-state index is 12.4. The maximum absolute atomic E-state index is 12.4. The number of amides is 1. The van der Waals surface area contributed by atoms with Crippen molar-refractivity contribution in [2.24, 2.45) is 0 Å². The summed E-state index contributed by atoms with van der Waals surface area (Å²) in [6, 6.07) is -0.646. The van der Waals surface area contributed by atoms with E-state index in [0.717, 1.165) is 77.0 Å². The van der Waals surface area contributed by atoms with Crippen molar-refractivity contribution in [3.05, 3.63) is 24.3 Å². The summed E-state index contributed by atoms with van der Waals surface area (Å²) in [7, 11) is 0. The van der Waals surface area contributed by atoms with Crippen molar-refractivity contribution in [3.8, 4) is 0 Å². The Morgan fingerprint density at radius 3 is 1.22 bits per heavy atom. The first-order valence-corrected chi connectivity index (χ1v) is 25.6. The predicted octanol–water partition coefficient (Wildman–Crippen LogP) is 15.1. The van der Waals surface area contributed by atoms with E-state index in [9.17, 15) is 19.8 Å². The van der Waals surface area contributed by atoms with Crippen LogP contribution in [0.3, 0.4) is 0 Å². The lowest BCUT2D eigenvalue weighted by Gasteiger charge is -2.20. The van der Waals surface area contributed by atoms with E-state index in [2.05, 4.69) is 31.3 Å². The minimum Gasteiger partial charge on any atom is -0.466 e. The highest BCUT2D eigenvalue weighted by atomic mass is 16.5. The number of carbonyl (C=O) groups excluding carboxylic acids is 2. The summed E-state index contributed by atoms with van der Waals surface area (Å²) >= 11 is 0. The van der Waals surface area contributed by atoms with Crippen LogP contribution in [-0.4, -0.2) is 47.4 Å².